The second kappa shape index (κ2) is 7.13. The van der Waals surface area contributed by atoms with Gasteiger partial charge in [-0.2, -0.15) is 0 Å². The molecule has 20 heavy (non-hydrogen) atoms. The zero-order valence-electron chi connectivity index (χ0n) is 10.7. The molecule has 1 heterocycles. The van der Waals surface area contributed by atoms with Crippen LogP contribution in [-0.4, -0.2) is 42.9 Å². The lowest BCUT2D eigenvalue weighted by atomic mass is 10.2. The first-order chi connectivity index (χ1) is 9.54. The van der Waals surface area contributed by atoms with E-state index in [2.05, 4.69) is 10.6 Å². The van der Waals surface area contributed by atoms with Gasteiger partial charge in [-0.3, -0.25) is 4.79 Å². The number of aliphatic hydroxyl groups is 1. The van der Waals surface area contributed by atoms with Crippen LogP contribution in [0.4, 0.5) is 0 Å². The molecule has 3 N–H and O–H groups in total. The van der Waals surface area contributed by atoms with Crippen LogP contribution in [0.5, 0.6) is 5.75 Å². The molecule has 0 saturated carbocycles. The van der Waals surface area contributed by atoms with E-state index in [9.17, 15) is 9.90 Å². The number of carbonyl (C=O) groups excluding carboxylic acids is 1. The minimum atomic E-state index is -0.683. The van der Waals surface area contributed by atoms with Crippen LogP contribution >= 0.6 is 23.2 Å². The second-order valence-corrected chi connectivity index (χ2v) is 5.50. The quantitative estimate of drug-likeness (QED) is 0.737. The first-order valence-corrected chi connectivity index (χ1v) is 7.06. The van der Waals surface area contributed by atoms with Gasteiger partial charge in [-0.05, 0) is 18.2 Å². The molecule has 2 atom stereocenters. The minimum Gasteiger partial charge on any atom is -0.489 e. The van der Waals surface area contributed by atoms with Crippen LogP contribution in [0.2, 0.25) is 10.0 Å². The largest absolute Gasteiger partial charge is 0.489 e. The Balaban J connectivity index is 1.72. The van der Waals surface area contributed by atoms with Crippen molar-refractivity contribution < 1.29 is 14.6 Å². The number of ether oxygens (including phenoxy) is 1. The SMILES string of the molecule is O=C1CC(NCC(O)COc2ccc(Cl)cc2Cl)CN1. The van der Waals surface area contributed by atoms with Crippen molar-refractivity contribution in [2.45, 2.75) is 18.6 Å². The van der Waals surface area contributed by atoms with Crippen LogP contribution in [0.15, 0.2) is 18.2 Å². The number of aliphatic hydroxyl groups excluding tert-OH is 1. The molecule has 0 radical (unpaired) electrons. The molecule has 5 nitrogen and oxygen atoms in total. The maximum Gasteiger partial charge on any atom is 0.221 e. The molecule has 1 amide bonds. The summed E-state index contributed by atoms with van der Waals surface area (Å²) in [6.07, 6.45) is -0.242. The van der Waals surface area contributed by atoms with Gasteiger partial charge in [0.05, 0.1) is 5.02 Å². The van der Waals surface area contributed by atoms with Gasteiger partial charge in [0.1, 0.15) is 18.5 Å². The molecular weight excluding hydrogens is 303 g/mol. The summed E-state index contributed by atoms with van der Waals surface area (Å²) >= 11 is 11.7. The molecule has 7 heteroatoms. The number of hydrogen-bond donors (Lipinski definition) is 3. The molecule has 1 aliphatic rings. The molecule has 2 unspecified atom stereocenters. The molecule has 1 aliphatic heterocycles. The molecule has 0 bridgehead atoms. The lowest BCUT2D eigenvalue weighted by Gasteiger charge is -2.16. The van der Waals surface area contributed by atoms with Crippen molar-refractivity contribution in [3.8, 4) is 5.75 Å². The highest BCUT2D eigenvalue weighted by molar-refractivity contribution is 6.35. The normalized spacial score (nSPS) is 19.8. The van der Waals surface area contributed by atoms with Crippen molar-refractivity contribution in [1.29, 1.82) is 0 Å². The summed E-state index contributed by atoms with van der Waals surface area (Å²) in [6.45, 7) is 1.06. The highest BCUT2D eigenvalue weighted by Crippen LogP contribution is 2.27. The van der Waals surface area contributed by atoms with Crippen LogP contribution in [0, 0.1) is 0 Å². The average Bonchev–Trinajstić information content (AvgIpc) is 2.81. The summed E-state index contributed by atoms with van der Waals surface area (Å²) in [5.74, 6) is 0.508. The Kier molecular flexibility index (Phi) is 5.48. The van der Waals surface area contributed by atoms with Gasteiger partial charge in [0.15, 0.2) is 0 Å². The fourth-order valence-electron chi connectivity index (χ4n) is 1.89. The smallest absolute Gasteiger partial charge is 0.221 e. The van der Waals surface area contributed by atoms with Crippen molar-refractivity contribution in [3.63, 3.8) is 0 Å². The Bertz CT molecular complexity index is 485. The van der Waals surface area contributed by atoms with E-state index in [0.29, 0.717) is 35.3 Å². The average molecular weight is 319 g/mol. The number of hydrogen-bond acceptors (Lipinski definition) is 4. The van der Waals surface area contributed by atoms with Gasteiger partial charge in [-0.15, -0.1) is 0 Å². The van der Waals surface area contributed by atoms with E-state index in [-0.39, 0.29) is 18.6 Å². The molecule has 0 aliphatic carbocycles. The predicted octanol–water partition coefficient (Wildman–Crippen LogP) is 1.21. The van der Waals surface area contributed by atoms with E-state index in [4.69, 9.17) is 27.9 Å². The van der Waals surface area contributed by atoms with Gasteiger partial charge >= 0.3 is 0 Å². The zero-order valence-corrected chi connectivity index (χ0v) is 12.2. The Morgan fingerprint density at radius 1 is 1.50 bits per heavy atom. The van der Waals surface area contributed by atoms with E-state index in [0.717, 1.165) is 0 Å². The number of nitrogens with one attached hydrogen (secondary N) is 2. The fourth-order valence-corrected chi connectivity index (χ4v) is 2.35. The van der Waals surface area contributed by atoms with Gasteiger partial charge in [-0.1, -0.05) is 23.2 Å². The summed E-state index contributed by atoms with van der Waals surface area (Å²) < 4.78 is 5.43. The van der Waals surface area contributed by atoms with E-state index in [1.807, 2.05) is 0 Å². The third-order valence-corrected chi connectivity index (χ3v) is 3.48. The van der Waals surface area contributed by atoms with E-state index < -0.39 is 6.10 Å². The highest BCUT2D eigenvalue weighted by atomic mass is 35.5. The summed E-state index contributed by atoms with van der Waals surface area (Å²) in [5, 5.41) is 16.6. The standard InChI is InChI=1S/C13H16Cl2N2O3/c14-8-1-2-12(11(15)3-8)20-7-10(18)6-16-9-4-13(19)17-5-9/h1-3,9-10,16,18H,4-7H2,(H,17,19). The van der Waals surface area contributed by atoms with Gasteiger partial charge in [0.2, 0.25) is 5.91 Å². The van der Waals surface area contributed by atoms with Crippen molar-refractivity contribution in [2.75, 3.05) is 19.7 Å². The fraction of sp³-hybridized carbons (Fsp3) is 0.462. The molecule has 110 valence electrons. The molecule has 1 saturated heterocycles. The number of carbonyl (C=O) groups is 1. The van der Waals surface area contributed by atoms with Crippen LogP contribution < -0.4 is 15.4 Å². The lowest BCUT2D eigenvalue weighted by Crippen LogP contribution is -2.39. The van der Waals surface area contributed by atoms with Crippen LogP contribution in [0.1, 0.15) is 6.42 Å². The zero-order chi connectivity index (χ0) is 14.5. The maximum absolute atomic E-state index is 11.0. The Hall–Kier alpha value is -1.01. The van der Waals surface area contributed by atoms with E-state index >= 15 is 0 Å². The Labute approximate surface area is 127 Å². The first kappa shape index (κ1) is 15.4. The van der Waals surface area contributed by atoms with E-state index in [1.165, 1.54) is 0 Å². The summed E-state index contributed by atoms with van der Waals surface area (Å²) in [4.78, 5) is 11.0. The number of benzene rings is 1. The molecule has 0 aromatic heterocycles. The van der Waals surface area contributed by atoms with Gasteiger partial charge < -0.3 is 20.5 Å². The van der Waals surface area contributed by atoms with Gasteiger partial charge in [-0.25, -0.2) is 0 Å². The maximum atomic E-state index is 11.0. The van der Waals surface area contributed by atoms with Crippen molar-refractivity contribution in [1.82, 2.24) is 10.6 Å². The first-order valence-electron chi connectivity index (χ1n) is 6.30. The van der Waals surface area contributed by atoms with Crippen molar-refractivity contribution in [3.05, 3.63) is 28.2 Å². The summed E-state index contributed by atoms with van der Waals surface area (Å²) in [5.41, 5.74) is 0. The minimum absolute atomic E-state index is 0.0289. The van der Waals surface area contributed by atoms with Crippen molar-refractivity contribution in [2.24, 2.45) is 0 Å². The molecule has 1 aromatic rings. The highest BCUT2D eigenvalue weighted by Gasteiger charge is 2.21. The van der Waals surface area contributed by atoms with Crippen LogP contribution in [0.3, 0.4) is 0 Å². The molecule has 1 fully saturated rings. The molecular formula is C13H16Cl2N2O3. The Morgan fingerprint density at radius 3 is 2.95 bits per heavy atom. The summed E-state index contributed by atoms with van der Waals surface area (Å²) in [7, 11) is 0. The summed E-state index contributed by atoms with van der Waals surface area (Å²) in [6, 6.07) is 4.98. The van der Waals surface area contributed by atoms with Crippen LogP contribution in [-0.2, 0) is 4.79 Å². The topological polar surface area (TPSA) is 70.6 Å². The predicted molar refractivity (Wildman–Crippen MR) is 77.4 cm³/mol. The number of amides is 1. The number of rotatable bonds is 6. The van der Waals surface area contributed by atoms with Crippen LogP contribution in [0.25, 0.3) is 0 Å². The molecule has 0 spiro atoms. The molecule has 1 aromatic carbocycles. The monoisotopic (exact) mass is 318 g/mol. The van der Waals surface area contributed by atoms with Gasteiger partial charge in [0, 0.05) is 30.6 Å². The third kappa shape index (κ3) is 4.52. The van der Waals surface area contributed by atoms with Gasteiger partial charge in [0.25, 0.3) is 0 Å². The van der Waals surface area contributed by atoms with E-state index in [1.54, 1.807) is 18.2 Å². The molecule has 2 rings (SSSR count). The lowest BCUT2D eigenvalue weighted by molar-refractivity contribution is -0.119. The van der Waals surface area contributed by atoms with Crippen molar-refractivity contribution >= 4 is 29.1 Å². The number of halogens is 2. The third-order valence-electron chi connectivity index (χ3n) is 2.94. The Morgan fingerprint density at radius 2 is 2.30 bits per heavy atom. The second-order valence-electron chi connectivity index (χ2n) is 4.65.